The molecule has 0 radical (unpaired) electrons. The van der Waals surface area contributed by atoms with Gasteiger partial charge in [-0.1, -0.05) is 91.0 Å². The summed E-state index contributed by atoms with van der Waals surface area (Å²) in [4.78, 5) is 95.0. The van der Waals surface area contributed by atoms with E-state index in [0.29, 0.717) is 0 Å². The van der Waals surface area contributed by atoms with Gasteiger partial charge < -0.3 is 49.0 Å². The lowest BCUT2D eigenvalue weighted by molar-refractivity contribution is -0.137. The molecule has 0 spiro atoms. The van der Waals surface area contributed by atoms with E-state index in [0.717, 1.165) is 16.7 Å². The van der Waals surface area contributed by atoms with Crippen molar-refractivity contribution in [2.24, 2.45) is 21.1 Å². The summed E-state index contributed by atoms with van der Waals surface area (Å²) >= 11 is 0. The highest BCUT2D eigenvalue weighted by Gasteiger charge is 2.24. The Kier molecular flexibility index (Phi) is 18.4. The van der Waals surface area contributed by atoms with Crippen LogP contribution in [0.4, 0.5) is 0 Å². The molecule has 1 atom stereocenters. The molecule has 3 aromatic carbocycles. The average Bonchev–Trinajstić information content (AvgIpc) is 3.35. The third-order valence-electron chi connectivity index (χ3n) is 11.3. The number of nitrogens with zero attached hydrogens (tertiary/aromatic N) is 4. The first kappa shape index (κ1) is 51.1. The second kappa shape index (κ2) is 25.2. The number of carboxylic acids is 1. The summed E-state index contributed by atoms with van der Waals surface area (Å²) in [7, 11) is 4.64. The van der Waals surface area contributed by atoms with Crippen LogP contribution < -0.4 is 46.8 Å². The largest absolute Gasteiger partial charge is 0.482 e. The number of carbonyl (C=O) groups excluding carboxylic acids is 3. The average molecular weight is 956 g/mol. The van der Waals surface area contributed by atoms with Crippen LogP contribution in [-0.4, -0.2) is 86.2 Å². The van der Waals surface area contributed by atoms with Gasteiger partial charge in [0.1, 0.15) is 19.8 Å². The second-order valence-electron chi connectivity index (χ2n) is 16.5. The Morgan fingerprint density at radius 3 is 1.26 bits per heavy atom. The number of amides is 3. The van der Waals surface area contributed by atoms with Crippen molar-refractivity contribution in [2.75, 3.05) is 32.7 Å². The Morgan fingerprint density at radius 2 is 0.900 bits per heavy atom. The van der Waals surface area contributed by atoms with Crippen LogP contribution in [0.3, 0.4) is 0 Å². The molecule has 6 rings (SSSR count). The highest BCUT2D eigenvalue weighted by molar-refractivity contribution is 5.98. The zero-order chi connectivity index (χ0) is 50.0. The number of aromatic nitrogens is 3. The number of pyridine rings is 3. The summed E-state index contributed by atoms with van der Waals surface area (Å²) in [5, 5.41) is 18.2. The summed E-state index contributed by atoms with van der Waals surface area (Å²) in [5.74, 6) is -3.24. The highest BCUT2D eigenvalue weighted by atomic mass is 16.5. The van der Waals surface area contributed by atoms with Crippen molar-refractivity contribution >= 4 is 23.7 Å². The summed E-state index contributed by atoms with van der Waals surface area (Å²) in [6.07, 6.45) is 4.57. The van der Waals surface area contributed by atoms with Gasteiger partial charge in [-0.15, -0.1) is 0 Å². The molecule has 18 nitrogen and oxygen atoms in total. The van der Waals surface area contributed by atoms with Crippen LogP contribution in [0.5, 0.6) is 17.2 Å². The van der Waals surface area contributed by atoms with Crippen LogP contribution in [0.25, 0.3) is 0 Å². The van der Waals surface area contributed by atoms with E-state index in [1.165, 1.54) is 57.5 Å². The maximum Gasteiger partial charge on any atom is 0.303 e. The Hall–Kier alpha value is -8.25. The molecule has 0 bridgehead atoms. The van der Waals surface area contributed by atoms with Gasteiger partial charge in [0, 0.05) is 84.9 Å². The molecule has 70 heavy (non-hydrogen) atoms. The first-order valence-electron chi connectivity index (χ1n) is 22.7. The van der Waals surface area contributed by atoms with Crippen LogP contribution in [0.15, 0.2) is 142 Å². The number of aryl methyl sites for hydroxylation is 3. The molecule has 4 N–H and O–H groups in total. The Bertz CT molecular complexity index is 2800. The molecule has 0 aliphatic heterocycles. The fourth-order valence-electron chi connectivity index (χ4n) is 7.38. The topological polar surface area (TPSA) is 222 Å². The number of ether oxygens (including phenoxy) is 3. The zero-order valence-corrected chi connectivity index (χ0v) is 39.3. The Morgan fingerprint density at radius 1 is 0.543 bits per heavy atom. The molecule has 0 saturated carbocycles. The van der Waals surface area contributed by atoms with Gasteiger partial charge in [0.15, 0.2) is 17.2 Å². The van der Waals surface area contributed by atoms with Crippen LogP contribution in [0, 0.1) is 0 Å². The van der Waals surface area contributed by atoms with Crippen molar-refractivity contribution in [1.29, 1.82) is 0 Å². The predicted octanol–water partition coefficient (Wildman–Crippen LogP) is 4.04. The van der Waals surface area contributed by atoms with E-state index in [9.17, 15) is 38.7 Å². The van der Waals surface area contributed by atoms with Gasteiger partial charge in [-0.25, -0.2) is 0 Å². The maximum atomic E-state index is 14.1. The van der Waals surface area contributed by atoms with Crippen molar-refractivity contribution in [2.45, 2.75) is 45.1 Å². The number of hydrogen-bond donors (Lipinski definition) is 4. The highest BCUT2D eigenvalue weighted by Crippen LogP contribution is 2.19. The van der Waals surface area contributed by atoms with Crippen molar-refractivity contribution in [1.82, 2.24) is 34.6 Å². The number of rotatable bonds is 25. The number of nitrogens with one attached hydrogen (secondary N) is 3. The molecule has 1 unspecified atom stereocenters. The van der Waals surface area contributed by atoms with E-state index in [2.05, 4.69) is 16.0 Å². The summed E-state index contributed by atoms with van der Waals surface area (Å²) < 4.78 is 21.7. The second-order valence-corrected chi connectivity index (χ2v) is 16.5. The Balaban J connectivity index is 1.22. The van der Waals surface area contributed by atoms with Gasteiger partial charge in [-0.2, -0.15) is 0 Å². The molecule has 0 aliphatic carbocycles. The molecule has 3 heterocycles. The lowest BCUT2D eigenvalue weighted by atomic mass is 10.1. The monoisotopic (exact) mass is 955 g/mol. The molecule has 0 saturated heterocycles. The van der Waals surface area contributed by atoms with E-state index in [4.69, 9.17) is 14.2 Å². The smallest absolute Gasteiger partial charge is 0.303 e. The van der Waals surface area contributed by atoms with Gasteiger partial charge in [0.2, 0.25) is 0 Å². The fourth-order valence-corrected chi connectivity index (χ4v) is 7.38. The van der Waals surface area contributed by atoms with Crippen molar-refractivity contribution in [3.63, 3.8) is 0 Å². The van der Waals surface area contributed by atoms with Crippen LogP contribution in [-0.2, 0) is 45.8 Å². The first-order valence-corrected chi connectivity index (χ1v) is 22.7. The normalized spacial score (nSPS) is 11.4. The van der Waals surface area contributed by atoms with E-state index < -0.39 is 46.4 Å². The van der Waals surface area contributed by atoms with Gasteiger partial charge in [-0.3, -0.25) is 38.5 Å². The molecular weight excluding hydrogens is 899 g/mol. The van der Waals surface area contributed by atoms with Crippen molar-refractivity contribution in [3.8, 4) is 17.2 Å². The number of hydrogen-bond acceptors (Lipinski definition) is 11. The van der Waals surface area contributed by atoms with E-state index in [-0.39, 0.29) is 106 Å². The van der Waals surface area contributed by atoms with E-state index in [1.54, 1.807) is 14.1 Å². The van der Waals surface area contributed by atoms with Crippen LogP contribution in [0.1, 0.15) is 67.0 Å². The SMILES string of the molecule is Cn1ccc(C(=O)NCCN(CCNC(=O)c2ccn(C)c(=O)c2OCc2ccccc2)CC(CCCC(=O)O)NC(=O)c2ccn(C)c(=O)c2OCc2ccccc2)c(OCc2ccccc2)c1=O. The first-order chi connectivity index (χ1) is 33.8. The minimum absolute atomic E-state index is 0.0179. The molecule has 0 aliphatic rings. The molecule has 366 valence electrons. The van der Waals surface area contributed by atoms with Gasteiger partial charge in [0.25, 0.3) is 34.4 Å². The number of carboxylic acid groups (broad SMARTS) is 1. The minimum atomic E-state index is -1.03. The number of carbonyl (C=O) groups is 4. The summed E-state index contributed by atoms with van der Waals surface area (Å²) in [6, 6.07) is 31.2. The standard InChI is InChI=1S/C52H57N7O11/c1-56-27-22-40(44(50(56)65)68-33-36-14-7-4-8-15-36)47(62)53-25-30-59(31-26-54-48(63)41-23-28-57(2)51(66)45(41)69-34-37-16-9-5-10-17-37)32-39(20-13-21-43(60)61)55-49(64)42-24-29-58(3)52(67)46(42)70-35-38-18-11-6-12-19-38/h4-12,14-19,22-24,27-29,39H,13,20-21,25-26,30-35H2,1-3H3,(H,53,62)(H,54,63)(H,55,64)(H,60,61). The van der Waals surface area contributed by atoms with Crippen molar-refractivity contribution < 1.29 is 38.5 Å². The third-order valence-corrected chi connectivity index (χ3v) is 11.3. The van der Waals surface area contributed by atoms with Gasteiger partial charge in [-0.05, 0) is 47.7 Å². The molecule has 3 aromatic heterocycles. The molecule has 0 fully saturated rings. The number of benzene rings is 3. The van der Waals surface area contributed by atoms with E-state index >= 15 is 0 Å². The fraction of sp³-hybridized carbons (Fsp3) is 0.288. The van der Waals surface area contributed by atoms with Crippen LogP contribution >= 0.6 is 0 Å². The molecule has 3 amide bonds. The third kappa shape index (κ3) is 14.4. The maximum absolute atomic E-state index is 14.1. The van der Waals surface area contributed by atoms with E-state index in [1.807, 2.05) is 95.9 Å². The predicted molar refractivity (Wildman–Crippen MR) is 261 cm³/mol. The Labute approximate surface area is 404 Å². The lowest BCUT2D eigenvalue weighted by Crippen LogP contribution is -2.48. The zero-order valence-electron chi connectivity index (χ0n) is 39.3. The van der Waals surface area contributed by atoms with Crippen LogP contribution in [0.2, 0.25) is 0 Å². The van der Waals surface area contributed by atoms with Crippen molar-refractivity contribution in [3.05, 3.63) is 192 Å². The molecule has 18 heteroatoms. The summed E-state index contributed by atoms with van der Waals surface area (Å²) in [5.41, 5.74) is 0.850. The minimum Gasteiger partial charge on any atom is -0.482 e. The van der Waals surface area contributed by atoms with Gasteiger partial charge >= 0.3 is 5.97 Å². The molecule has 6 aromatic rings. The quantitative estimate of drug-likeness (QED) is 0.0639. The lowest BCUT2D eigenvalue weighted by Gasteiger charge is -2.29. The number of aliphatic carboxylic acids is 1. The summed E-state index contributed by atoms with van der Waals surface area (Å²) in [6.45, 7) is 0.541. The molecular formula is C52H57N7O11. The van der Waals surface area contributed by atoms with Gasteiger partial charge in [0.05, 0.1) is 16.7 Å².